The van der Waals surface area contributed by atoms with E-state index in [0.717, 1.165) is 18.4 Å². The number of rotatable bonds is 10. The van der Waals surface area contributed by atoms with Gasteiger partial charge in [0.05, 0.1) is 12.0 Å². The molecule has 1 aromatic rings. The number of methoxy groups -OCH3 is 1. The van der Waals surface area contributed by atoms with E-state index in [1.165, 1.54) is 13.5 Å². The third kappa shape index (κ3) is 6.81. The molecule has 5 heteroatoms. The predicted molar refractivity (Wildman–Crippen MR) is 101 cm³/mol. The maximum Gasteiger partial charge on any atom is 0.324 e. The van der Waals surface area contributed by atoms with Gasteiger partial charge in [-0.1, -0.05) is 57.7 Å². The van der Waals surface area contributed by atoms with Gasteiger partial charge in [-0.3, -0.25) is 4.79 Å². The summed E-state index contributed by atoms with van der Waals surface area (Å²) in [7, 11) is -2.49. The molecule has 142 valence electrons. The summed E-state index contributed by atoms with van der Waals surface area (Å²) in [4.78, 5) is 12.3. The Kier molecular flexibility index (Phi) is 8.63. The van der Waals surface area contributed by atoms with Crippen molar-refractivity contribution in [2.75, 3.05) is 7.11 Å². The first-order chi connectivity index (χ1) is 11.7. The second-order valence-corrected chi connectivity index (χ2v) is 9.51. The van der Waals surface area contributed by atoms with Crippen molar-refractivity contribution in [1.82, 2.24) is 0 Å². The fraction of sp³-hybridized carbons (Fsp3) is 0.650. The Morgan fingerprint density at radius 3 is 2.12 bits per heavy atom. The lowest BCUT2D eigenvalue weighted by Gasteiger charge is -2.18. The highest BCUT2D eigenvalue weighted by atomic mass is 32.2. The van der Waals surface area contributed by atoms with Crippen molar-refractivity contribution in [3.8, 4) is 0 Å². The van der Waals surface area contributed by atoms with E-state index in [0.29, 0.717) is 24.7 Å². The van der Waals surface area contributed by atoms with Crippen molar-refractivity contribution < 1.29 is 17.9 Å². The topological polar surface area (TPSA) is 60.4 Å². The second-order valence-electron chi connectivity index (χ2n) is 7.38. The van der Waals surface area contributed by atoms with Gasteiger partial charge in [0.25, 0.3) is 0 Å². The Bertz CT molecular complexity index is 632. The number of aryl methyl sites for hydroxylation is 1. The number of hydrogen-bond donors (Lipinski definition) is 0. The summed E-state index contributed by atoms with van der Waals surface area (Å²) < 4.78 is 30.5. The zero-order valence-corrected chi connectivity index (χ0v) is 16.9. The molecule has 0 aliphatic heterocycles. The molecular formula is C20H32O4S. The summed E-state index contributed by atoms with van der Waals surface area (Å²) in [5.74, 6) is 0.394. The monoisotopic (exact) mass is 368 g/mol. The molecule has 0 bridgehead atoms. The predicted octanol–water partition coefficient (Wildman–Crippen LogP) is 4.55. The number of carbonyl (C=O) groups is 1. The Morgan fingerprint density at radius 1 is 1.00 bits per heavy atom. The minimum Gasteiger partial charge on any atom is -0.468 e. The van der Waals surface area contributed by atoms with Crippen LogP contribution in [0.2, 0.25) is 0 Å². The average molecular weight is 369 g/mol. The molecular weight excluding hydrogens is 336 g/mol. The molecule has 4 nitrogen and oxygen atoms in total. The lowest BCUT2D eigenvalue weighted by molar-refractivity contribution is -0.140. The fourth-order valence-electron chi connectivity index (χ4n) is 2.88. The van der Waals surface area contributed by atoms with Crippen molar-refractivity contribution in [3.05, 3.63) is 29.8 Å². The third-order valence-electron chi connectivity index (χ3n) is 4.59. The SMILES string of the molecule is COC(=O)C(CCC(C)CCCC(C)C)S(=O)(=O)c1ccc(C)cc1. The molecule has 1 aromatic carbocycles. The first-order valence-corrected chi connectivity index (χ1v) is 10.6. The summed E-state index contributed by atoms with van der Waals surface area (Å²) in [6.07, 6.45) is 4.35. The van der Waals surface area contributed by atoms with Crippen LogP contribution in [0.25, 0.3) is 0 Å². The lowest BCUT2D eigenvalue weighted by atomic mass is 9.95. The number of ether oxygens (including phenoxy) is 1. The van der Waals surface area contributed by atoms with Crippen molar-refractivity contribution in [3.63, 3.8) is 0 Å². The van der Waals surface area contributed by atoms with Gasteiger partial charge in [-0.15, -0.1) is 0 Å². The summed E-state index contributed by atoms with van der Waals surface area (Å²) in [6, 6.07) is 6.62. The summed E-state index contributed by atoms with van der Waals surface area (Å²) in [5, 5.41) is -1.13. The second kappa shape index (κ2) is 9.95. The zero-order valence-electron chi connectivity index (χ0n) is 16.1. The standard InChI is InChI=1S/C20H32O4S/c1-15(2)7-6-8-16(3)11-14-19(20(21)24-5)25(22,23)18-12-9-17(4)10-13-18/h9-10,12-13,15-16,19H,6-8,11,14H2,1-5H3. The Hall–Kier alpha value is -1.36. The van der Waals surface area contributed by atoms with E-state index >= 15 is 0 Å². The number of benzene rings is 1. The van der Waals surface area contributed by atoms with Crippen molar-refractivity contribution >= 4 is 15.8 Å². The molecule has 0 aliphatic rings. The fourth-order valence-corrected chi connectivity index (χ4v) is 4.52. The van der Waals surface area contributed by atoms with Crippen LogP contribution < -0.4 is 0 Å². The molecule has 0 N–H and O–H groups in total. The van der Waals surface area contributed by atoms with Crippen molar-refractivity contribution in [2.45, 2.75) is 69.9 Å². The van der Waals surface area contributed by atoms with Gasteiger partial charge in [-0.25, -0.2) is 8.42 Å². The van der Waals surface area contributed by atoms with Gasteiger partial charge in [-0.05, 0) is 43.7 Å². The van der Waals surface area contributed by atoms with Crippen LogP contribution in [0, 0.1) is 18.8 Å². The van der Waals surface area contributed by atoms with E-state index < -0.39 is 21.1 Å². The number of carbonyl (C=O) groups excluding carboxylic acids is 1. The van der Waals surface area contributed by atoms with Gasteiger partial charge >= 0.3 is 5.97 Å². The molecule has 25 heavy (non-hydrogen) atoms. The minimum absolute atomic E-state index is 0.181. The van der Waals surface area contributed by atoms with Crippen LogP contribution in [-0.4, -0.2) is 26.7 Å². The van der Waals surface area contributed by atoms with Gasteiger partial charge in [-0.2, -0.15) is 0 Å². The largest absolute Gasteiger partial charge is 0.468 e. The average Bonchev–Trinajstić information content (AvgIpc) is 2.54. The zero-order chi connectivity index (χ0) is 19.0. The Morgan fingerprint density at radius 2 is 1.60 bits per heavy atom. The van der Waals surface area contributed by atoms with Gasteiger partial charge in [0.1, 0.15) is 0 Å². The molecule has 0 radical (unpaired) electrons. The number of sulfone groups is 1. The molecule has 1 rings (SSSR count). The molecule has 0 saturated carbocycles. The van der Waals surface area contributed by atoms with Gasteiger partial charge in [0.2, 0.25) is 0 Å². The highest BCUT2D eigenvalue weighted by Gasteiger charge is 2.34. The van der Waals surface area contributed by atoms with E-state index in [1.54, 1.807) is 24.3 Å². The van der Waals surface area contributed by atoms with Gasteiger partial charge in [0, 0.05) is 0 Å². The van der Waals surface area contributed by atoms with Crippen molar-refractivity contribution in [2.24, 2.45) is 11.8 Å². The lowest BCUT2D eigenvalue weighted by Crippen LogP contribution is -2.32. The minimum atomic E-state index is -3.73. The molecule has 0 amide bonds. The van der Waals surface area contributed by atoms with Gasteiger partial charge in [0.15, 0.2) is 15.1 Å². The Balaban J connectivity index is 2.80. The first-order valence-electron chi connectivity index (χ1n) is 9.06. The van der Waals surface area contributed by atoms with Crippen LogP contribution in [0.1, 0.15) is 58.4 Å². The maximum absolute atomic E-state index is 12.9. The van der Waals surface area contributed by atoms with Gasteiger partial charge < -0.3 is 4.74 Å². The molecule has 0 fully saturated rings. The van der Waals surface area contributed by atoms with E-state index in [4.69, 9.17) is 4.74 Å². The Labute approximate surface area is 152 Å². The van der Waals surface area contributed by atoms with Crippen LogP contribution in [0.3, 0.4) is 0 Å². The van der Waals surface area contributed by atoms with Crippen LogP contribution in [0.5, 0.6) is 0 Å². The van der Waals surface area contributed by atoms with Crippen LogP contribution in [0.15, 0.2) is 29.2 Å². The molecule has 0 spiro atoms. The highest BCUT2D eigenvalue weighted by Crippen LogP contribution is 2.25. The van der Waals surface area contributed by atoms with Crippen LogP contribution in [-0.2, 0) is 19.4 Å². The van der Waals surface area contributed by atoms with E-state index in [1.807, 2.05) is 6.92 Å². The number of esters is 1. The van der Waals surface area contributed by atoms with Crippen molar-refractivity contribution in [1.29, 1.82) is 0 Å². The van der Waals surface area contributed by atoms with Crippen LogP contribution in [0.4, 0.5) is 0 Å². The quantitative estimate of drug-likeness (QED) is 0.568. The summed E-state index contributed by atoms with van der Waals surface area (Å²) in [5.41, 5.74) is 0.979. The summed E-state index contributed by atoms with van der Waals surface area (Å²) in [6.45, 7) is 8.42. The van der Waals surface area contributed by atoms with E-state index in [9.17, 15) is 13.2 Å². The first kappa shape index (κ1) is 21.7. The molecule has 2 unspecified atom stereocenters. The summed E-state index contributed by atoms with van der Waals surface area (Å²) >= 11 is 0. The molecule has 0 aromatic heterocycles. The molecule has 2 atom stereocenters. The maximum atomic E-state index is 12.9. The molecule has 0 aliphatic carbocycles. The van der Waals surface area contributed by atoms with E-state index in [2.05, 4.69) is 20.8 Å². The van der Waals surface area contributed by atoms with Crippen LogP contribution >= 0.6 is 0 Å². The normalized spacial score (nSPS) is 14.3. The molecule has 0 saturated heterocycles. The smallest absolute Gasteiger partial charge is 0.324 e. The number of hydrogen-bond acceptors (Lipinski definition) is 4. The third-order valence-corrected chi connectivity index (χ3v) is 6.69. The molecule has 0 heterocycles. The highest BCUT2D eigenvalue weighted by molar-refractivity contribution is 7.92. The van der Waals surface area contributed by atoms with E-state index in [-0.39, 0.29) is 4.90 Å².